The first kappa shape index (κ1) is 23.5. The molecule has 0 aromatic heterocycles. The number of hydrogen-bond acceptors (Lipinski definition) is 3. The van der Waals surface area contributed by atoms with Gasteiger partial charge in [0.1, 0.15) is 12.1 Å². The van der Waals surface area contributed by atoms with Gasteiger partial charge in [-0.1, -0.05) is 52.9 Å². The average molecular weight is 357 g/mol. The summed E-state index contributed by atoms with van der Waals surface area (Å²) in [6.07, 6.45) is 10.4. The Hall–Kier alpha value is -0.483. The highest BCUT2D eigenvalue weighted by molar-refractivity contribution is 6.74. The Morgan fingerprint density at radius 1 is 1.00 bits per heavy atom. The van der Waals surface area contributed by atoms with Crippen molar-refractivity contribution in [3.63, 3.8) is 0 Å². The number of carbonyl (C=O) groups excluding carboxylic acids is 2. The molecule has 0 fully saturated rings. The Bertz CT molecular complexity index is 358. The molecule has 0 aliphatic rings. The molecule has 0 bridgehead atoms. The third kappa shape index (κ3) is 11.1. The van der Waals surface area contributed by atoms with Crippen molar-refractivity contribution >= 4 is 20.4 Å². The normalized spacial score (nSPS) is 13.8. The van der Waals surface area contributed by atoms with Crippen molar-refractivity contribution in [2.24, 2.45) is 5.92 Å². The second kappa shape index (κ2) is 12.0. The summed E-state index contributed by atoms with van der Waals surface area (Å²) < 4.78 is 6.19. The fourth-order valence-corrected chi connectivity index (χ4v) is 3.52. The van der Waals surface area contributed by atoms with E-state index in [1.165, 1.54) is 25.7 Å². The van der Waals surface area contributed by atoms with Crippen LogP contribution in [0.5, 0.6) is 0 Å². The van der Waals surface area contributed by atoms with Gasteiger partial charge >= 0.3 is 0 Å². The summed E-state index contributed by atoms with van der Waals surface area (Å²) >= 11 is 0. The predicted octanol–water partition coefficient (Wildman–Crippen LogP) is 5.92. The summed E-state index contributed by atoms with van der Waals surface area (Å²) in [5.41, 5.74) is 0. The zero-order valence-corrected chi connectivity index (χ0v) is 18.0. The van der Waals surface area contributed by atoms with Crippen molar-refractivity contribution in [1.29, 1.82) is 0 Å². The maximum absolute atomic E-state index is 11.0. The molecule has 0 saturated heterocycles. The predicted molar refractivity (Wildman–Crippen MR) is 105 cm³/mol. The Morgan fingerprint density at radius 2 is 1.54 bits per heavy atom. The van der Waals surface area contributed by atoms with Crippen molar-refractivity contribution in [2.75, 3.05) is 6.61 Å². The molecule has 142 valence electrons. The quantitative estimate of drug-likeness (QED) is 0.220. The summed E-state index contributed by atoms with van der Waals surface area (Å²) in [5.74, 6) is 0.258. The Labute approximate surface area is 151 Å². The molecule has 0 aromatic rings. The van der Waals surface area contributed by atoms with Crippen LogP contribution >= 0.6 is 0 Å². The van der Waals surface area contributed by atoms with Gasteiger partial charge in [-0.15, -0.1) is 0 Å². The summed E-state index contributed by atoms with van der Waals surface area (Å²) in [4.78, 5) is 21.9. The molecule has 1 atom stereocenters. The van der Waals surface area contributed by atoms with Crippen LogP contribution in [-0.4, -0.2) is 27.0 Å². The van der Waals surface area contributed by atoms with Crippen molar-refractivity contribution in [3.8, 4) is 0 Å². The van der Waals surface area contributed by atoms with Gasteiger partial charge in [0, 0.05) is 18.9 Å². The molecule has 1 unspecified atom stereocenters. The fourth-order valence-electron chi connectivity index (χ4n) is 2.43. The van der Waals surface area contributed by atoms with Crippen molar-refractivity contribution in [3.05, 3.63) is 0 Å². The third-order valence-electron chi connectivity index (χ3n) is 5.30. The van der Waals surface area contributed by atoms with Crippen molar-refractivity contribution < 1.29 is 14.0 Å². The average Bonchev–Trinajstić information content (AvgIpc) is 2.47. The highest BCUT2D eigenvalue weighted by Gasteiger charge is 2.36. The first-order valence-corrected chi connectivity index (χ1v) is 12.6. The molecule has 4 heteroatoms. The van der Waals surface area contributed by atoms with Gasteiger partial charge in [0.05, 0.1) is 0 Å². The number of hydrogen-bond donors (Lipinski definition) is 0. The first-order chi connectivity index (χ1) is 11.1. The van der Waals surface area contributed by atoms with E-state index in [0.717, 1.165) is 38.6 Å². The molecule has 3 nitrogen and oxygen atoms in total. The largest absolute Gasteiger partial charge is 0.417 e. The Balaban J connectivity index is 3.57. The molecule has 0 rings (SSSR count). The van der Waals surface area contributed by atoms with Gasteiger partial charge in [0.15, 0.2) is 8.32 Å². The minimum absolute atomic E-state index is 0.0758. The second-order valence-corrected chi connectivity index (χ2v) is 13.5. The maximum Gasteiger partial charge on any atom is 0.191 e. The van der Waals surface area contributed by atoms with E-state index in [9.17, 15) is 9.59 Å². The van der Waals surface area contributed by atoms with E-state index in [1.54, 1.807) is 6.92 Å². The van der Waals surface area contributed by atoms with Gasteiger partial charge in [-0.25, -0.2) is 0 Å². The number of ketones is 1. The molecular formula is C20H40O3Si. The van der Waals surface area contributed by atoms with Crippen LogP contribution in [0.4, 0.5) is 0 Å². The minimum atomic E-state index is -1.58. The standard InChI is InChI=1S/C20H40O3Si/c1-18(22)14-15-19(17-21)13-11-9-7-8-10-12-16-23-24(5,6)20(2,3)4/h17,19H,7-16H2,1-6H3. The number of aldehydes is 1. The van der Waals surface area contributed by atoms with Crippen LogP contribution in [0.25, 0.3) is 0 Å². The van der Waals surface area contributed by atoms with E-state index in [4.69, 9.17) is 4.43 Å². The van der Waals surface area contributed by atoms with E-state index in [-0.39, 0.29) is 11.7 Å². The van der Waals surface area contributed by atoms with Crippen molar-refractivity contribution in [1.82, 2.24) is 0 Å². The fraction of sp³-hybridized carbons (Fsp3) is 0.900. The molecule has 0 heterocycles. The first-order valence-electron chi connectivity index (χ1n) is 9.69. The topological polar surface area (TPSA) is 43.4 Å². The SMILES string of the molecule is CC(=O)CCC(C=O)CCCCCCCCO[Si](C)(C)C(C)(C)C. The lowest BCUT2D eigenvalue weighted by Crippen LogP contribution is -2.40. The van der Waals surface area contributed by atoms with Gasteiger partial charge in [-0.05, 0) is 44.3 Å². The van der Waals surface area contributed by atoms with Crippen LogP contribution in [0.15, 0.2) is 0 Å². The summed E-state index contributed by atoms with van der Waals surface area (Å²) in [6, 6.07) is 0. The monoisotopic (exact) mass is 356 g/mol. The highest BCUT2D eigenvalue weighted by Crippen LogP contribution is 2.36. The second-order valence-electron chi connectivity index (χ2n) is 8.66. The van der Waals surface area contributed by atoms with Gasteiger partial charge in [0.2, 0.25) is 0 Å². The zero-order chi connectivity index (χ0) is 18.6. The van der Waals surface area contributed by atoms with E-state index in [2.05, 4.69) is 33.9 Å². The molecule has 0 aromatic carbocycles. The van der Waals surface area contributed by atoms with E-state index >= 15 is 0 Å². The number of unbranched alkanes of at least 4 members (excludes halogenated alkanes) is 5. The minimum Gasteiger partial charge on any atom is -0.417 e. The lowest BCUT2D eigenvalue weighted by atomic mass is 9.96. The molecule has 0 radical (unpaired) electrons. The molecule has 24 heavy (non-hydrogen) atoms. The number of Topliss-reactive ketones (excluding diaryl/α,β-unsaturated/α-hetero) is 1. The molecule has 0 saturated carbocycles. The lowest BCUT2D eigenvalue weighted by molar-refractivity contribution is -0.117. The van der Waals surface area contributed by atoms with Crippen LogP contribution < -0.4 is 0 Å². The number of carbonyl (C=O) groups is 2. The highest BCUT2D eigenvalue weighted by atomic mass is 28.4. The van der Waals surface area contributed by atoms with Gasteiger partial charge in [-0.3, -0.25) is 0 Å². The Kier molecular flexibility index (Phi) is 11.7. The van der Waals surface area contributed by atoms with Crippen LogP contribution in [0.3, 0.4) is 0 Å². The zero-order valence-electron chi connectivity index (χ0n) is 17.0. The lowest BCUT2D eigenvalue weighted by Gasteiger charge is -2.36. The summed E-state index contributed by atoms with van der Waals surface area (Å²) in [7, 11) is -1.58. The smallest absolute Gasteiger partial charge is 0.191 e. The van der Waals surface area contributed by atoms with Gasteiger partial charge < -0.3 is 14.0 Å². The van der Waals surface area contributed by atoms with Gasteiger partial charge in [-0.2, -0.15) is 0 Å². The molecular weight excluding hydrogens is 316 g/mol. The molecule has 0 aliphatic heterocycles. The Morgan fingerprint density at radius 3 is 2.04 bits per heavy atom. The molecule has 0 amide bonds. The van der Waals surface area contributed by atoms with Crippen LogP contribution in [0, 0.1) is 5.92 Å². The maximum atomic E-state index is 11.0. The van der Waals surface area contributed by atoms with Crippen LogP contribution in [0.1, 0.15) is 85.5 Å². The number of rotatable bonds is 14. The van der Waals surface area contributed by atoms with Crippen LogP contribution in [-0.2, 0) is 14.0 Å². The van der Waals surface area contributed by atoms with E-state index in [0.29, 0.717) is 11.5 Å². The molecule has 0 N–H and O–H groups in total. The van der Waals surface area contributed by atoms with Gasteiger partial charge in [0.25, 0.3) is 0 Å². The summed E-state index contributed by atoms with van der Waals surface area (Å²) in [6.45, 7) is 13.9. The van der Waals surface area contributed by atoms with Crippen molar-refractivity contribution in [2.45, 2.75) is 104 Å². The van der Waals surface area contributed by atoms with E-state index in [1.807, 2.05) is 0 Å². The van der Waals surface area contributed by atoms with E-state index < -0.39 is 8.32 Å². The third-order valence-corrected chi connectivity index (χ3v) is 9.84. The van der Waals surface area contributed by atoms with Crippen LogP contribution in [0.2, 0.25) is 18.1 Å². The summed E-state index contributed by atoms with van der Waals surface area (Å²) in [5, 5.41) is 0.296. The molecule has 0 aliphatic carbocycles. The molecule has 0 spiro atoms.